The maximum Gasteiger partial charge on any atom is 0.325 e. The van der Waals surface area contributed by atoms with Crippen LogP contribution in [0.5, 0.6) is 5.75 Å². The lowest BCUT2D eigenvalue weighted by Gasteiger charge is -2.08. The summed E-state index contributed by atoms with van der Waals surface area (Å²) in [7, 11) is 1.54. The number of hydrogen-bond donors (Lipinski definition) is 1. The fourth-order valence-electron chi connectivity index (χ4n) is 1.84. The zero-order valence-electron chi connectivity index (χ0n) is 12.8. The lowest BCUT2D eigenvalue weighted by atomic mass is 10.2. The van der Waals surface area contributed by atoms with Gasteiger partial charge in [0.05, 0.1) is 17.2 Å². The van der Waals surface area contributed by atoms with Gasteiger partial charge in [-0.25, -0.2) is 0 Å². The molecule has 0 aromatic heterocycles. The molecule has 0 saturated heterocycles. The molecule has 0 aliphatic heterocycles. The van der Waals surface area contributed by atoms with Gasteiger partial charge in [-0.15, -0.1) is 0 Å². The molecule has 0 aliphatic carbocycles. The molecule has 126 valence electrons. The lowest BCUT2D eigenvalue weighted by Crippen LogP contribution is -2.30. The number of ether oxygens (including phenoxy) is 2. The molecule has 0 saturated carbocycles. The minimum Gasteiger partial charge on any atom is -0.497 e. The SMILES string of the molecule is COc1ccc(C(=O)NCC(=O)OCc2ccc(Cl)c(Cl)c2)cc1. The van der Waals surface area contributed by atoms with Gasteiger partial charge in [-0.05, 0) is 42.0 Å². The number of carbonyl (C=O) groups is 2. The number of esters is 1. The van der Waals surface area contributed by atoms with Gasteiger partial charge < -0.3 is 14.8 Å². The van der Waals surface area contributed by atoms with Gasteiger partial charge in [-0.1, -0.05) is 29.3 Å². The normalized spacial score (nSPS) is 10.1. The topological polar surface area (TPSA) is 64.6 Å². The lowest BCUT2D eigenvalue weighted by molar-refractivity contribution is -0.143. The van der Waals surface area contributed by atoms with Crippen LogP contribution in [0, 0.1) is 0 Å². The number of benzene rings is 2. The van der Waals surface area contributed by atoms with Crippen LogP contribution in [0.3, 0.4) is 0 Å². The number of rotatable bonds is 6. The van der Waals surface area contributed by atoms with E-state index in [0.717, 1.165) is 0 Å². The van der Waals surface area contributed by atoms with E-state index in [0.29, 0.717) is 26.9 Å². The van der Waals surface area contributed by atoms with Crippen LogP contribution < -0.4 is 10.1 Å². The number of amides is 1. The summed E-state index contributed by atoms with van der Waals surface area (Å²) < 4.78 is 10.1. The molecular formula is C17H15Cl2NO4. The summed E-state index contributed by atoms with van der Waals surface area (Å²) in [4.78, 5) is 23.6. The number of nitrogens with one attached hydrogen (secondary N) is 1. The van der Waals surface area contributed by atoms with E-state index >= 15 is 0 Å². The zero-order valence-corrected chi connectivity index (χ0v) is 14.4. The highest BCUT2D eigenvalue weighted by Gasteiger charge is 2.09. The number of methoxy groups -OCH3 is 1. The second-order valence-electron chi connectivity index (χ2n) is 4.82. The predicted molar refractivity (Wildman–Crippen MR) is 91.6 cm³/mol. The van der Waals surface area contributed by atoms with Crippen molar-refractivity contribution < 1.29 is 19.1 Å². The number of halogens is 2. The quantitative estimate of drug-likeness (QED) is 0.793. The maximum absolute atomic E-state index is 11.9. The highest BCUT2D eigenvalue weighted by Crippen LogP contribution is 2.22. The molecule has 7 heteroatoms. The third-order valence-corrected chi connectivity index (χ3v) is 3.87. The van der Waals surface area contributed by atoms with E-state index in [9.17, 15) is 9.59 Å². The molecule has 0 radical (unpaired) electrons. The summed E-state index contributed by atoms with van der Waals surface area (Å²) >= 11 is 11.7. The molecular weight excluding hydrogens is 353 g/mol. The standard InChI is InChI=1S/C17H15Cl2NO4/c1-23-13-5-3-12(4-6-13)17(22)20-9-16(21)24-10-11-2-7-14(18)15(19)8-11/h2-8H,9-10H2,1H3,(H,20,22). The summed E-state index contributed by atoms with van der Waals surface area (Å²) in [6.45, 7) is -0.180. The van der Waals surface area contributed by atoms with Crippen LogP contribution in [0.15, 0.2) is 42.5 Å². The van der Waals surface area contributed by atoms with Gasteiger partial charge in [-0.3, -0.25) is 9.59 Å². The predicted octanol–water partition coefficient (Wildman–Crippen LogP) is 3.48. The van der Waals surface area contributed by atoms with E-state index in [1.54, 1.807) is 49.6 Å². The molecule has 2 aromatic rings. The molecule has 0 atom stereocenters. The molecule has 2 rings (SSSR count). The molecule has 0 unspecified atom stereocenters. The number of hydrogen-bond acceptors (Lipinski definition) is 4. The van der Waals surface area contributed by atoms with Crippen LogP contribution in [-0.4, -0.2) is 25.5 Å². The number of carbonyl (C=O) groups excluding carboxylic acids is 2. The van der Waals surface area contributed by atoms with Crippen molar-refractivity contribution in [3.8, 4) is 5.75 Å². The van der Waals surface area contributed by atoms with E-state index in [1.165, 1.54) is 0 Å². The Morgan fingerprint density at radius 2 is 1.75 bits per heavy atom. The van der Waals surface area contributed by atoms with E-state index < -0.39 is 5.97 Å². The highest BCUT2D eigenvalue weighted by molar-refractivity contribution is 6.42. The molecule has 2 aromatic carbocycles. The average Bonchev–Trinajstić information content (AvgIpc) is 2.60. The van der Waals surface area contributed by atoms with Gasteiger partial charge >= 0.3 is 5.97 Å². The average molecular weight is 368 g/mol. The smallest absolute Gasteiger partial charge is 0.325 e. The van der Waals surface area contributed by atoms with Crippen molar-refractivity contribution in [3.05, 3.63) is 63.6 Å². The molecule has 0 fully saturated rings. The van der Waals surface area contributed by atoms with E-state index in [4.69, 9.17) is 32.7 Å². The van der Waals surface area contributed by atoms with Crippen molar-refractivity contribution >= 4 is 35.1 Å². The molecule has 0 spiro atoms. The third kappa shape index (κ3) is 5.15. The summed E-state index contributed by atoms with van der Waals surface area (Å²) in [5, 5.41) is 3.31. The van der Waals surface area contributed by atoms with E-state index in [1.807, 2.05) is 0 Å². The minimum atomic E-state index is -0.553. The third-order valence-electron chi connectivity index (χ3n) is 3.13. The molecule has 1 amide bonds. The van der Waals surface area contributed by atoms with Crippen molar-refractivity contribution in [3.63, 3.8) is 0 Å². The van der Waals surface area contributed by atoms with Crippen LogP contribution in [-0.2, 0) is 16.1 Å². The monoisotopic (exact) mass is 367 g/mol. The van der Waals surface area contributed by atoms with Gasteiger partial charge in [0.25, 0.3) is 5.91 Å². The van der Waals surface area contributed by atoms with Gasteiger partial charge in [0.15, 0.2) is 0 Å². The Morgan fingerprint density at radius 1 is 1.04 bits per heavy atom. The van der Waals surface area contributed by atoms with Crippen molar-refractivity contribution in [1.29, 1.82) is 0 Å². The van der Waals surface area contributed by atoms with Gasteiger partial charge in [0, 0.05) is 5.56 Å². The van der Waals surface area contributed by atoms with Crippen LogP contribution in [0.1, 0.15) is 15.9 Å². The van der Waals surface area contributed by atoms with Crippen molar-refractivity contribution in [2.45, 2.75) is 6.61 Å². The summed E-state index contributed by atoms with van der Waals surface area (Å²) in [6.07, 6.45) is 0. The summed E-state index contributed by atoms with van der Waals surface area (Å²) in [5.74, 6) is -0.278. The Hall–Kier alpha value is -2.24. The second kappa shape index (κ2) is 8.57. The first-order valence-electron chi connectivity index (χ1n) is 7.01. The van der Waals surface area contributed by atoms with Gasteiger partial charge in [0.2, 0.25) is 0 Å². The minimum absolute atomic E-state index is 0.0497. The molecule has 5 nitrogen and oxygen atoms in total. The molecule has 24 heavy (non-hydrogen) atoms. The Bertz CT molecular complexity index is 732. The van der Waals surface area contributed by atoms with Crippen LogP contribution >= 0.6 is 23.2 Å². The first-order valence-corrected chi connectivity index (χ1v) is 7.77. The Morgan fingerprint density at radius 3 is 2.38 bits per heavy atom. The highest BCUT2D eigenvalue weighted by atomic mass is 35.5. The summed E-state index contributed by atoms with van der Waals surface area (Å²) in [6, 6.07) is 11.5. The molecule has 0 heterocycles. The van der Waals surface area contributed by atoms with E-state index in [2.05, 4.69) is 5.32 Å². The van der Waals surface area contributed by atoms with Crippen molar-refractivity contribution in [1.82, 2.24) is 5.32 Å². The zero-order chi connectivity index (χ0) is 17.5. The summed E-state index contributed by atoms with van der Waals surface area (Å²) in [5.41, 5.74) is 1.13. The fraction of sp³-hybridized carbons (Fsp3) is 0.176. The van der Waals surface area contributed by atoms with Crippen molar-refractivity contribution in [2.24, 2.45) is 0 Å². The van der Waals surface area contributed by atoms with Crippen LogP contribution in [0.2, 0.25) is 10.0 Å². The Kier molecular flexibility index (Phi) is 6.46. The van der Waals surface area contributed by atoms with E-state index in [-0.39, 0.29) is 19.1 Å². The maximum atomic E-state index is 11.9. The Balaban J connectivity index is 1.79. The molecule has 0 aliphatic rings. The van der Waals surface area contributed by atoms with Gasteiger partial charge in [0.1, 0.15) is 18.9 Å². The first kappa shape index (κ1) is 18.1. The fourth-order valence-corrected chi connectivity index (χ4v) is 2.16. The largest absolute Gasteiger partial charge is 0.497 e. The molecule has 1 N–H and O–H groups in total. The van der Waals surface area contributed by atoms with Crippen LogP contribution in [0.4, 0.5) is 0 Å². The molecule has 0 bridgehead atoms. The van der Waals surface area contributed by atoms with Gasteiger partial charge in [-0.2, -0.15) is 0 Å². The Labute approximate surface area is 149 Å². The van der Waals surface area contributed by atoms with Crippen molar-refractivity contribution in [2.75, 3.05) is 13.7 Å². The van der Waals surface area contributed by atoms with Crippen LogP contribution in [0.25, 0.3) is 0 Å². The second-order valence-corrected chi connectivity index (χ2v) is 5.63. The first-order chi connectivity index (χ1) is 11.5.